The molecule has 2 aromatic rings. The van der Waals surface area contributed by atoms with Crippen LogP contribution in [-0.2, 0) is 13.0 Å². The highest BCUT2D eigenvalue weighted by Crippen LogP contribution is 2.13. The summed E-state index contributed by atoms with van der Waals surface area (Å²) in [7, 11) is 0. The fourth-order valence-electron chi connectivity index (χ4n) is 1.58. The number of hydrogen-bond donors (Lipinski definition) is 0. The van der Waals surface area contributed by atoms with E-state index in [1.807, 2.05) is 36.4 Å². The summed E-state index contributed by atoms with van der Waals surface area (Å²) in [5.74, 6) is 0.540. The highest BCUT2D eigenvalue weighted by molar-refractivity contribution is 6.20. The molecule has 98 valence electrons. The molecule has 0 amide bonds. The van der Waals surface area contributed by atoms with Crippen molar-refractivity contribution in [3.8, 4) is 5.88 Å². The standard InChI is InChI=1S/C14H13ClN2O2/c15-13(17-18)8-12-6-7-14(16-9-12)19-10-11-4-2-1-3-5-11/h1-7,9,13H,8,10H2. The van der Waals surface area contributed by atoms with Gasteiger partial charge in [0.05, 0.1) is 0 Å². The van der Waals surface area contributed by atoms with Gasteiger partial charge in [0.25, 0.3) is 0 Å². The molecule has 0 aliphatic rings. The van der Waals surface area contributed by atoms with Crippen LogP contribution in [0.2, 0.25) is 0 Å². The molecular formula is C14H13ClN2O2. The molecule has 1 atom stereocenters. The number of aromatic nitrogens is 1. The molecule has 0 saturated heterocycles. The van der Waals surface area contributed by atoms with Crippen LogP contribution >= 0.6 is 11.6 Å². The highest BCUT2D eigenvalue weighted by atomic mass is 35.5. The van der Waals surface area contributed by atoms with Crippen LogP contribution in [0.15, 0.2) is 53.8 Å². The van der Waals surface area contributed by atoms with E-state index in [2.05, 4.69) is 10.2 Å². The quantitative estimate of drug-likeness (QED) is 0.461. The molecule has 0 spiro atoms. The number of halogens is 1. The number of ether oxygens (including phenoxy) is 1. The van der Waals surface area contributed by atoms with Crippen LogP contribution in [-0.4, -0.2) is 10.5 Å². The van der Waals surface area contributed by atoms with Crippen LogP contribution in [0, 0.1) is 4.91 Å². The zero-order chi connectivity index (χ0) is 13.5. The smallest absolute Gasteiger partial charge is 0.213 e. The maximum atomic E-state index is 10.2. The van der Waals surface area contributed by atoms with E-state index >= 15 is 0 Å². The number of pyridine rings is 1. The van der Waals surface area contributed by atoms with Gasteiger partial charge < -0.3 is 4.74 Å². The molecule has 0 N–H and O–H groups in total. The van der Waals surface area contributed by atoms with E-state index in [4.69, 9.17) is 16.3 Å². The Hall–Kier alpha value is -1.94. The van der Waals surface area contributed by atoms with Gasteiger partial charge in [0, 0.05) is 18.7 Å². The zero-order valence-electron chi connectivity index (χ0n) is 10.2. The van der Waals surface area contributed by atoms with Crippen LogP contribution in [0.3, 0.4) is 0 Å². The third-order valence-electron chi connectivity index (χ3n) is 2.55. The molecule has 0 bridgehead atoms. The van der Waals surface area contributed by atoms with Gasteiger partial charge in [0.1, 0.15) is 6.61 Å². The first-order chi connectivity index (χ1) is 9.28. The van der Waals surface area contributed by atoms with E-state index in [9.17, 15) is 4.91 Å². The van der Waals surface area contributed by atoms with Crippen molar-refractivity contribution in [2.24, 2.45) is 5.18 Å². The Bertz CT molecular complexity index is 517. The predicted molar refractivity (Wildman–Crippen MR) is 74.2 cm³/mol. The van der Waals surface area contributed by atoms with Crippen LogP contribution < -0.4 is 4.74 Å². The Morgan fingerprint density at radius 2 is 1.95 bits per heavy atom. The van der Waals surface area contributed by atoms with E-state index in [-0.39, 0.29) is 0 Å². The van der Waals surface area contributed by atoms with Crippen molar-refractivity contribution in [2.45, 2.75) is 18.5 Å². The lowest BCUT2D eigenvalue weighted by Gasteiger charge is -2.06. The van der Waals surface area contributed by atoms with Crippen molar-refractivity contribution in [2.75, 3.05) is 0 Å². The maximum absolute atomic E-state index is 10.2. The van der Waals surface area contributed by atoms with Gasteiger partial charge in [-0.25, -0.2) is 4.98 Å². The normalized spacial score (nSPS) is 11.8. The third-order valence-corrected chi connectivity index (χ3v) is 2.78. The zero-order valence-corrected chi connectivity index (χ0v) is 11.0. The van der Waals surface area contributed by atoms with Crippen LogP contribution in [0.4, 0.5) is 0 Å². The molecule has 1 aromatic carbocycles. The molecule has 0 radical (unpaired) electrons. The van der Waals surface area contributed by atoms with Gasteiger partial charge in [-0.3, -0.25) is 0 Å². The summed E-state index contributed by atoms with van der Waals surface area (Å²) in [5, 5.41) is 2.74. The summed E-state index contributed by atoms with van der Waals surface area (Å²) >= 11 is 5.64. The molecule has 5 heteroatoms. The maximum Gasteiger partial charge on any atom is 0.213 e. The van der Waals surface area contributed by atoms with Crippen molar-refractivity contribution in [1.82, 2.24) is 4.98 Å². The summed E-state index contributed by atoms with van der Waals surface area (Å²) in [6.07, 6.45) is 2.01. The molecule has 1 heterocycles. The summed E-state index contributed by atoms with van der Waals surface area (Å²) < 4.78 is 5.55. The number of benzene rings is 1. The second-order valence-electron chi connectivity index (χ2n) is 4.02. The van der Waals surface area contributed by atoms with Gasteiger partial charge in [0.15, 0.2) is 5.50 Å². The number of nitroso groups, excluding NO2 is 1. The minimum absolute atomic E-state index is 0.372. The van der Waals surface area contributed by atoms with E-state index in [0.717, 1.165) is 11.1 Å². The second-order valence-corrected chi connectivity index (χ2v) is 4.53. The number of nitrogens with zero attached hydrogens (tertiary/aromatic N) is 2. The van der Waals surface area contributed by atoms with E-state index in [0.29, 0.717) is 18.9 Å². The fourth-order valence-corrected chi connectivity index (χ4v) is 1.76. The van der Waals surface area contributed by atoms with Gasteiger partial charge in [0.2, 0.25) is 5.88 Å². The first-order valence-corrected chi connectivity index (χ1v) is 6.30. The first kappa shape index (κ1) is 13.5. The molecule has 1 unspecified atom stereocenters. The van der Waals surface area contributed by atoms with Gasteiger partial charge in [-0.05, 0) is 16.3 Å². The average Bonchev–Trinajstić information content (AvgIpc) is 2.47. The van der Waals surface area contributed by atoms with Gasteiger partial charge in [-0.1, -0.05) is 48.0 Å². The Kier molecular flexibility index (Phi) is 4.86. The van der Waals surface area contributed by atoms with Crippen molar-refractivity contribution in [3.05, 3.63) is 64.7 Å². The number of alkyl halides is 1. The monoisotopic (exact) mass is 276 g/mol. The molecule has 0 aliphatic heterocycles. The molecule has 1 aromatic heterocycles. The Morgan fingerprint density at radius 1 is 1.16 bits per heavy atom. The Morgan fingerprint density at radius 3 is 2.58 bits per heavy atom. The Labute approximate surface area is 116 Å². The van der Waals surface area contributed by atoms with E-state index in [1.54, 1.807) is 12.3 Å². The van der Waals surface area contributed by atoms with Crippen molar-refractivity contribution in [3.63, 3.8) is 0 Å². The van der Waals surface area contributed by atoms with Crippen LogP contribution in [0.5, 0.6) is 5.88 Å². The number of hydrogen-bond acceptors (Lipinski definition) is 4. The van der Waals surface area contributed by atoms with Crippen molar-refractivity contribution in [1.29, 1.82) is 0 Å². The van der Waals surface area contributed by atoms with E-state index < -0.39 is 5.50 Å². The van der Waals surface area contributed by atoms with Crippen LogP contribution in [0.1, 0.15) is 11.1 Å². The van der Waals surface area contributed by atoms with Crippen molar-refractivity contribution >= 4 is 11.6 Å². The highest BCUT2D eigenvalue weighted by Gasteiger charge is 2.05. The molecule has 0 fully saturated rings. The fraction of sp³-hybridized carbons (Fsp3) is 0.214. The molecule has 0 saturated carbocycles. The molecule has 0 aliphatic carbocycles. The average molecular weight is 277 g/mol. The minimum Gasteiger partial charge on any atom is -0.473 e. The largest absolute Gasteiger partial charge is 0.473 e. The third kappa shape index (κ3) is 4.34. The van der Waals surface area contributed by atoms with Crippen molar-refractivity contribution < 1.29 is 4.74 Å². The first-order valence-electron chi connectivity index (χ1n) is 5.86. The summed E-state index contributed by atoms with van der Waals surface area (Å²) in [4.78, 5) is 14.4. The van der Waals surface area contributed by atoms with Crippen LogP contribution in [0.25, 0.3) is 0 Å². The molecule has 4 nitrogen and oxygen atoms in total. The predicted octanol–water partition coefficient (Wildman–Crippen LogP) is 3.53. The second kappa shape index (κ2) is 6.85. The Balaban J connectivity index is 1.90. The topological polar surface area (TPSA) is 51.5 Å². The number of rotatable bonds is 6. The summed E-state index contributed by atoms with van der Waals surface area (Å²) in [6, 6.07) is 13.4. The minimum atomic E-state index is -0.752. The lowest BCUT2D eigenvalue weighted by Crippen LogP contribution is -2.01. The van der Waals surface area contributed by atoms with Gasteiger partial charge in [-0.15, -0.1) is 4.91 Å². The molecule has 19 heavy (non-hydrogen) atoms. The molecule has 2 rings (SSSR count). The van der Waals surface area contributed by atoms with Gasteiger partial charge in [-0.2, -0.15) is 0 Å². The summed E-state index contributed by atoms with van der Waals surface area (Å²) in [6.45, 7) is 0.473. The lowest BCUT2D eigenvalue weighted by atomic mass is 10.2. The SMILES string of the molecule is O=NC(Cl)Cc1ccc(OCc2ccccc2)nc1. The van der Waals surface area contributed by atoms with E-state index in [1.165, 1.54) is 0 Å². The lowest BCUT2D eigenvalue weighted by molar-refractivity contribution is 0.293. The summed E-state index contributed by atoms with van der Waals surface area (Å²) in [5.41, 5.74) is 1.18. The van der Waals surface area contributed by atoms with Gasteiger partial charge >= 0.3 is 0 Å². The molecular weight excluding hydrogens is 264 g/mol.